The summed E-state index contributed by atoms with van der Waals surface area (Å²) in [6.07, 6.45) is 6.45. The number of carbonyl (C=O) groups excluding carboxylic acids is 2. The van der Waals surface area contributed by atoms with Crippen LogP contribution in [0.2, 0.25) is 0 Å². The molecule has 2 amide bonds. The Labute approximate surface area is 180 Å². The molecule has 0 aliphatic carbocycles. The number of hydrogen-bond donors (Lipinski definition) is 2. The van der Waals surface area contributed by atoms with Gasteiger partial charge in [0.1, 0.15) is 6.04 Å². The van der Waals surface area contributed by atoms with Crippen molar-refractivity contribution >= 4 is 29.4 Å². The van der Waals surface area contributed by atoms with Gasteiger partial charge in [0.2, 0.25) is 0 Å². The number of ether oxygens (including phenoxy) is 3. The molecule has 0 saturated heterocycles. The number of esters is 1. The van der Waals surface area contributed by atoms with E-state index in [9.17, 15) is 9.59 Å². The Kier molecular flexibility index (Phi) is 9.33. The fraction of sp³-hybridized carbons (Fsp3) is 0.450. The molecule has 2 rings (SSSR count). The highest BCUT2D eigenvalue weighted by Crippen LogP contribution is 2.27. The van der Waals surface area contributed by atoms with Crippen LogP contribution in [0.15, 0.2) is 30.6 Å². The lowest BCUT2D eigenvalue weighted by molar-refractivity contribution is -0.142. The van der Waals surface area contributed by atoms with Crippen molar-refractivity contribution in [2.24, 2.45) is 0 Å². The van der Waals surface area contributed by atoms with E-state index in [1.54, 1.807) is 43.1 Å². The number of nitrogens with zero attached hydrogens (tertiary/aromatic N) is 2. The minimum atomic E-state index is -0.692. The summed E-state index contributed by atoms with van der Waals surface area (Å²) in [4.78, 5) is 24.0. The SMILES string of the molecule is COC(=O)C(CCSC)NC(=O)Nc1cnn(CCc2ccc(OC)c(OC)c2)c1. The summed E-state index contributed by atoms with van der Waals surface area (Å²) in [6, 6.07) is 4.59. The van der Waals surface area contributed by atoms with Gasteiger partial charge < -0.3 is 24.8 Å². The molecule has 10 heteroatoms. The van der Waals surface area contributed by atoms with Gasteiger partial charge in [-0.15, -0.1) is 0 Å². The summed E-state index contributed by atoms with van der Waals surface area (Å²) in [6.45, 7) is 0.622. The average Bonchev–Trinajstić information content (AvgIpc) is 3.21. The molecule has 1 aromatic heterocycles. The Balaban J connectivity index is 1.90. The lowest BCUT2D eigenvalue weighted by Gasteiger charge is -2.16. The molecule has 0 fully saturated rings. The second kappa shape index (κ2) is 12.0. The molecule has 0 bridgehead atoms. The Hall–Kier alpha value is -2.88. The summed E-state index contributed by atoms with van der Waals surface area (Å²) >= 11 is 1.59. The van der Waals surface area contributed by atoms with E-state index in [4.69, 9.17) is 14.2 Å². The molecule has 0 aliphatic rings. The van der Waals surface area contributed by atoms with E-state index < -0.39 is 18.0 Å². The van der Waals surface area contributed by atoms with Crippen LogP contribution in [0.3, 0.4) is 0 Å². The second-order valence-electron chi connectivity index (χ2n) is 6.39. The summed E-state index contributed by atoms with van der Waals surface area (Å²) in [5.41, 5.74) is 1.61. The molecule has 2 aromatic rings. The zero-order valence-electron chi connectivity index (χ0n) is 17.6. The van der Waals surface area contributed by atoms with Crippen LogP contribution in [0.25, 0.3) is 0 Å². The van der Waals surface area contributed by atoms with Gasteiger partial charge in [0.05, 0.1) is 33.2 Å². The van der Waals surface area contributed by atoms with Gasteiger partial charge in [-0.3, -0.25) is 4.68 Å². The number of aryl methyl sites for hydroxylation is 2. The molecular formula is C20H28N4O5S. The minimum Gasteiger partial charge on any atom is -0.493 e. The van der Waals surface area contributed by atoms with Crippen molar-refractivity contribution in [3.05, 3.63) is 36.2 Å². The third-order valence-electron chi connectivity index (χ3n) is 4.37. The predicted molar refractivity (Wildman–Crippen MR) is 116 cm³/mol. The number of hydrogen-bond acceptors (Lipinski definition) is 7. The second-order valence-corrected chi connectivity index (χ2v) is 7.37. The Morgan fingerprint density at radius 2 is 1.97 bits per heavy atom. The maximum atomic E-state index is 12.2. The third-order valence-corrected chi connectivity index (χ3v) is 5.01. The zero-order valence-corrected chi connectivity index (χ0v) is 18.5. The Morgan fingerprint density at radius 3 is 2.63 bits per heavy atom. The molecule has 1 aromatic carbocycles. The molecule has 2 N–H and O–H groups in total. The first-order chi connectivity index (χ1) is 14.5. The molecule has 1 atom stereocenters. The van der Waals surface area contributed by atoms with Gasteiger partial charge in [-0.25, -0.2) is 9.59 Å². The molecule has 0 radical (unpaired) electrons. The molecule has 0 aliphatic heterocycles. The highest BCUT2D eigenvalue weighted by atomic mass is 32.2. The zero-order chi connectivity index (χ0) is 21.9. The van der Waals surface area contributed by atoms with E-state index in [2.05, 4.69) is 15.7 Å². The average molecular weight is 437 g/mol. The Bertz CT molecular complexity index is 842. The van der Waals surface area contributed by atoms with Gasteiger partial charge in [0.25, 0.3) is 0 Å². The molecule has 0 saturated carbocycles. The van der Waals surface area contributed by atoms with Crippen LogP contribution in [0.4, 0.5) is 10.5 Å². The van der Waals surface area contributed by atoms with E-state index in [1.807, 2.05) is 24.5 Å². The van der Waals surface area contributed by atoms with Crippen LogP contribution in [0.1, 0.15) is 12.0 Å². The standard InChI is InChI=1S/C20H28N4O5S/c1-27-17-6-5-14(11-18(17)28-2)7-9-24-13-15(12-21-24)22-20(26)23-16(8-10-30-4)19(25)29-3/h5-6,11-13,16H,7-10H2,1-4H3,(H2,22,23,26). The highest BCUT2D eigenvalue weighted by Gasteiger charge is 2.21. The van der Waals surface area contributed by atoms with E-state index in [1.165, 1.54) is 7.11 Å². The van der Waals surface area contributed by atoms with Crippen LogP contribution in [-0.4, -0.2) is 61.2 Å². The Morgan fingerprint density at radius 1 is 1.20 bits per heavy atom. The van der Waals surface area contributed by atoms with Gasteiger partial charge >= 0.3 is 12.0 Å². The van der Waals surface area contributed by atoms with Gasteiger partial charge in [-0.1, -0.05) is 6.07 Å². The van der Waals surface area contributed by atoms with Gasteiger partial charge in [-0.05, 0) is 42.5 Å². The van der Waals surface area contributed by atoms with Crippen molar-refractivity contribution in [1.82, 2.24) is 15.1 Å². The van der Waals surface area contributed by atoms with Crippen molar-refractivity contribution in [1.29, 1.82) is 0 Å². The number of aromatic nitrogens is 2. The number of rotatable bonds is 11. The number of urea groups is 1. The van der Waals surface area contributed by atoms with E-state index in [0.29, 0.717) is 30.2 Å². The smallest absolute Gasteiger partial charge is 0.328 e. The summed E-state index contributed by atoms with van der Waals surface area (Å²) in [5.74, 6) is 1.62. The van der Waals surface area contributed by atoms with Gasteiger partial charge in [0, 0.05) is 12.7 Å². The first-order valence-electron chi connectivity index (χ1n) is 9.38. The molecular weight excluding hydrogens is 408 g/mol. The lowest BCUT2D eigenvalue weighted by atomic mass is 10.1. The van der Waals surface area contributed by atoms with Crippen LogP contribution < -0.4 is 20.1 Å². The maximum absolute atomic E-state index is 12.2. The van der Waals surface area contributed by atoms with Crippen molar-refractivity contribution < 1.29 is 23.8 Å². The number of amides is 2. The van der Waals surface area contributed by atoms with E-state index in [-0.39, 0.29) is 0 Å². The monoisotopic (exact) mass is 436 g/mol. The number of anilines is 1. The third kappa shape index (κ3) is 6.87. The van der Waals surface area contributed by atoms with Crippen LogP contribution in [-0.2, 0) is 22.5 Å². The van der Waals surface area contributed by atoms with Crippen molar-refractivity contribution in [2.75, 3.05) is 38.7 Å². The van der Waals surface area contributed by atoms with E-state index >= 15 is 0 Å². The van der Waals surface area contributed by atoms with Crippen molar-refractivity contribution in [2.45, 2.75) is 25.4 Å². The normalized spacial score (nSPS) is 11.5. The minimum absolute atomic E-state index is 0.468. The number of nitrogens with one attached hydrogen (secondary N) is 2. The maximum Gasteiger partial charge on any atom is 0.328 e. The highest BCUT2D eigenvalue weighted by molar-refractivity contribution is 7.98. The summed E-state index contributed by atoms with van der Waals surface area (Å²) < 4.78 is 17.0. The first kappa shape index (κ1) is 23.4. The number of benzene rings is 1. The van der Waals surface area contributed by atoms with Gasteiger partial charge in [0.15, 0.2) is 11.5 Å². The fourth-order valence-corrected chi connectivity index (χ4v) is 3.25. The number of thioether (sulfide) groups is 1. The quantitative estimate of drug-likeness (QED) is 0.522. The fourth-order valence-electron chi connectivity index (χ4n) is 2.78. The van der Waals surface area contributed by atoms with Gasteiger partial charge in [-0.2, -0.15) is 16.9 Å². The lowest BCUT2D eigenvalue weighted by Crippen LogP contribution is -2.43. The summed E-state index contributed by atoms with van der Waals surface area (Å²) in [5, 5.41) is 9.60. The number of methoxy groups -OCH3 is 3. The molecule has 30 heavy (non-hydrogen) atoms. The molecule has 164 valence electrons. The topological polar surface area (TPSA) is 104 Å². The van der Waals surface area contributed by atoms with Crippen LogP contribution in [0.5, 0.6) is 11.5 Å². The number of carbonyl (C=O) groups is 2. The molecule has 1 unspecified atom stereocenters. The molecule has 0 spiro atoms. The van der Waals surface area contributed by atoms with Crippen molar-refractivity contribution in [3.8, 4) is 11.5 Å². The predicted octanol–water partition coefficient (Wildman–Crippen LogP) is 2.56. The van der Waals surface area contributed by atoms with Crippen LogP contribution >= 0.6 is 11.8 Å². The summed E-state index contributed by atoms with van der Waals surface area (Å²) in [7, 11) is 4.50. The first-order valence-corrected chi connectivity index (χ1v) is 10.8. The molecule has 9 nitrogen and oxygen atoms in total. The van der Waals surface area contributed by atoms with Crippen molar-refractivity contribution in [3.63, 3.8) is 0 Å². The molecule has 1 heterocycles. The largest absolute Gasteiger partial charge is 0.493 e. The van der Waals surface area contributed by atoms with Crippen LogP contribution in [0, 0.1) is 0 Å². The van der Waals surface area contributed by atoms with E-state index in [0.717, 1.165) is 17.7 Å².